The smallest absolute Gasteiger partial charge is 0.339 e. The predicted octanol–water partition coefficient (Wildman–Crippen LogP) is 6.13. The Kier molecular flexibility index (Phi) is 9.34. The minimum absolute atomic E-state index is 0.239. The van der Waals surface area contributed by atoms with Gasteiger partial charge in [0.05, 0.1) is 6.61 Å². The summed E-state index contributed by atoms with van der Waals surface area (Å²) in [6, 6.07) is 17.5. The SMILES string of the molecule is O=C(O)c1ccccc1OCCCCCCCCCCc1ccccc1. The van der Waals surface area contributed by atoms with Gasteiger partial charge in [-0.1, -0.05) is 81.0 Å². The van der Waals surface area contributed by atoms with Crippen LogP contribution in [0.2, 0.25) is 0 Å². The van der Waals surface area contributed by atoms with Crippen molar-refractivity contribution in [2.24, 2.45) is 0 Å². The van der Waals surface area contributed by atoms with Crippen molar-refractivity contribution in [3.05, 3.63) is 65.7 Å². The first-order valence-electron chi connectivity index (χ1n) is 9.76. The molecule has 2 aromatic rings. The number of hydrogen-bond donors (Lipinski definition) is 1. The fraction of sp³-hybridized carbons (Fsp3) is 0.435. The second-order valence-corrected chi connectivity index (χ2v) is 6.71. The first-order chi connectivity index (χ1) is 12.8. The van der Waals surface area contributed by atoms with E-state index in [1.54, 1.807) is 24.3 Å². The molecule has 0 aliphatic carbocycles. The Labute approximate surface area is 157 Å². The van der Waals surface area contributed by atoms with Crippen LogP contribution >= 0.6 is 0 Å². The average Bonchev–Trinajstić information content (AvgIpc) is 2.67. The Hall–Kier alpha value is -2.29. The Balaban J connectivity index is 1.43. The van der Waals surface area contributed by atoms with Gasteiger partial charge in [-0.15, -0.1) is 0 Å². The number of carbonyl (C=O) groups is 1. The largest absolute Gasteiger partial charge is 0.493 e. The Bertz CT molecular complexity index is 637. The van der Waals surface area contributed by atoms with Crippen LogP contribution in [0.25, 0.3) is 0 Å². The van der Waals surface area contributed by atoms with E-state index in [1.165, 1.54) is 50.5 Å². The van der Waals surface area contributed by atoms with Gasteiger partial charge in [0.2, 0.25) is 0 Å². The van der Waals surface area contributed by atoms with Crippen LogP contribution in [0.4, 0.5) is 0 Å². The van der Waals surface area contributed by atoms with Gasteiger partial charge in [0.25, 0.3) is 0 Å². The van der Waals surface area contributed by atoms with Gasteiger partial charge in [-0.25, -0.2) is 4.79 Å². The summed E-state index contributed by atoms with van der Waals surface area (Å²) in [5.74, 6) is -0.466. The maximum atomic E-state index is 11.1. The van der Waals surface area contributed by atoms with E-state index >= 15 is 0 Å². The number of ether oxygens (including phenoxy) is 1. The molecule has 0 fully saturated rings. The number of rotatable bonds is 13. The summed E-state index contributed by atoms with van der Waals surface area (Å²) in [4.78, 5) is 11.1. The molecule has 0 atom stereocenters. The van der Waals surface area contributed by atoms with E-state index in [0.29, 0.717) is 12.4 Å². The minimum atomic E-state index is -0.937. The normalized spacial score (nSPS) is 10.6. The number of para-hydroxylation sites is 1. The highest BCUT2D eigenvalue weighted by molar-refractivity contribution is 5.90. The number of hydrogen-bond acceptors (Lipinski definition) is 2. The summed E-state index contributed by atoms with van der Waals surface area (Å²) in [5, 5.41) is 9.11. The molecule has 140 valence electrons. The quantitative estimate of drug-likeness (QED) is 0.440. The van der Waals surface area contributed by atoms with Crippen LogP contribution in [-0.4, -0.2) is 17.7 Å². The van der Waals surface area contributed by atoms with Gasteiger partial charge in [0, 0.05) is 0 Å². The molecule has 0 saturated heterocycles. The Morgan fingerprint density at radius 3 is 2.00 bits per heavy atom. The van der Waals surface area contributed by atoms with Crippen molar-refractivity contribution in [2.75, 3.05) is 6.61 Å². The van der Waals surface area contributed by atoms with E-state index < -0.39 is 5.97 Å². The van der Waals surface area contributed by atoms with Crippen LogP contribution in [0.3, 0.4) is 0 Å². The number of aryl methyl sites for hydroxylation is 1. The minimum Gasteiger partial charge on any atom is -0.493 e. The lowest BCUT2D eigenvalue weighted by atomic mass is 10.0. The van der Waals surface area contributed by atoms with E-state index in [4.69, 9.17) is 9.84 Å². The van der Waals surface area contributed by atoms with E-state index in [9.17, 15) is 4.79 Å². The fourth-order valence-electron chi connectivity index (χ4n) is 3.09. The second kappa shape index (κ2) is 12.1. The summed E-state index contributed by atoms with van der Waals surface area (Å²) in [7, 11) is 0. The van der Waals surface area contributed by atoms with Crippen molar-refractivity contribution in [3.8, 4) is 5.75 Å². The molecular weight excluding hydrogens is 324 g/mol. The third kappa shape index (κ3) is 7.73. The number of benzene rings is 2. The summed E-state index contributed by atoms with van der Waals surface area (Å²) < 4.78 is 5.62. The number of unbranched alkanes of at least 4 members (excludes halogenated alkanes) is 7. The van der Waals surface area contributed by atoms with Crippen molar-refractivity contribution < 1.29 is 14.6 Å². The lowest BCUT2D eigenvalue weighted by molar-refractivity contribution is 0.0692. The van der Waals surface area contributed by atoms with Crippen molar-refractivity contribution in [2.45, 2.75) is 57.8 Å². The van der Waals surface area contributed by atoms with Gasteiger partial charge in [0.1, 0.15) is 11.3 Å². The van der Waals surface area contributed by atoms with E-state index in [0.717, 1.165) is 12.8 Å². The molecule has 0 spiro atoms. The van der Waals surface area contributed by atoms with Gasteiger partial charge < -0.3 is 9.84 Å². The molecule has 1 N–H and O–H groups in total. The number of carboxylic acids is 1. The fourth-order valence-corrected chi connectivity index (χ4v) is 3.09. The van der Waals surface area contributed by atoms with Gasteiger partial charge in [-0.2, -0.15) is 0 Å². The van der Waals surface area contributed by atoms with Crippen LogP contribution in [0.5, 0.6) is 5.75 Å². The lowest BCUT2D eigenvalue weighted by Crippen LogP contribution is -2.04. The van der Waals surface area contributed by atoms with Crippen LogP contribution in [0.1, 0.15) is 67.3 Å². The number of carboxylic acid groups (broad SMARTS) is 1. The van der Waals surface area contributed by atoms with Crippen molar-refractivity contribution >= 4 is 5.97 Å². The third-order valence-corrected chi connectivity index (χ3v) is 4.58. The molecule has 0 heterocycles. The molecule has 0 aromatic heterocycles. The van der Waals surface area contributed by atoms with Crippen LogP contribution in [-0.2, 0) is 6.42 Å². The maximum Gasteiger partial charge on any atom is 0.339 e. The number of aromatic carboxylic acids is 1. The highest BCUT2D eigenvalue weighted by Gasteiger charge is 2.09. The highest BCUT2D eigenvalue weighted by atomic mass is 16.5. The van der Waals surface area contributed by atoms with Crippen LogP contribution in [0, 0.1) is 0 Å². The van der Waals surface area contributed by atoms with Crippen LogP contribution in [0.15, 0.2) is 54.6 Å². The Morgan fingerprint density at radius 1 is 0.731 bits per heavy atom. The van der Waals surface area contributed by atoms with Crippen molar-refractivity contribution in [1.82, 2.24) is 0 Å². The second-order valence-electron chi connectivity index (χ2n) is 6.71. The van der Waals surface area contributed by atoms with Gasteiger partial charge >= 0.3 is 5.97 Å². The van der Waals surface area contributed by atoms with E-state index in [-0.39, 0.29) is 5.56 Å². The lowest BCUT2D eigenvalue weighted by Gasteiger charge is -2.08. The summed E-state index contributed by atoms with van der Waals surface area (Å²) in [6.45, 7) is 0.585. The first-order valence-corrected chi connectivity index (χ1v) is 9.76. The molecule has 26 heavy (non-hydrogen) atoms. The molecule has 0 aliphatic heterocycles. The first kappa shape index (κ1) is 20.0. The van der Waals surface area contributed by atoms with Crippen molar-refractivity contribution in [1.29, 1.82) is 0 Å². The molecule has 0 saturated carbocycles. The van der Waals surface area contributed by atoms with E-state index in [2.05, 4.69) is 30.3 Å². The summed E-state index contributed by atoms with van der Waals surface area (Å²) >= 11 is 0. The molecule has 0 aliphatic rings. The molecule has 0 unspecified atom stereocenters. The molecule has 3 heteroatoms. The summed E-state index contributed by atoms with van der Waals surface area (Å²) in [6.07, 6.45) is 11.0. The third-order valence-electron chi connectivity index (χ3n) is 4.58. The average molecular weight is 354 g/mol. The Morgan fingerprint density at radius 2 is 1.31 bits per heavy atom. The molecule has 2 rings (SSSR count). The zero-order valence-electron chi connectivity index (χ0n) is 15.5. The maximum absolute atomic E-state index is 11.1. The zero-order valence-corrected chi connectivity index (χ0v) is 15.5. The highest BCUT2D eigenvalue weighted by Crippen LogP contribution is 2.18. The standard InChI is InChI=1S/C23H30O3/c24-23(25)21-17-11-12-18-22(21)26-19-13-6-4-2-1-3-5-8-14-20-15-9-7-10-16-20/h7,9-12,15-18H,1-6,8,13-14,19H2,(H,24,25). The topological polar surface area (TPSA) is 46.5 Å². The molecular formula is C23H30O3. The molecule has 3 nitrogen and oxygen atoms in total. The molecule has 0 amide bonds. The van der Waals surface area contributed by atoms with Gasteiger partial charge in [-0.3, -0.25) is 0 Å². The summed E-state index contributed by atoms with van der Waals surface area (Å²) in [5.41, 5.74) is 1.68. The van der Waals surface area contributed by atoms with Crippen LogP contribution < -0.4 is 4.74 Å². The van der Waals surface area contributed by atoms with Gasteiger partial charge in [0.15, 0.2) is 0 Å². The predicted molar refractivity (Wildman–Crippen MR) is 106 cm³/mol. The molecule has 0 radical (unpaired) electrons. The van der Waals surface area contributed by atoms with Gasteiger partial charge in [-0.05, 0) is 37.0 Å². The van der Waals surface area contributed by atoms with Crippen molar-refractivity contribution in [3.63, 3.8) is 0 Å². The molecule has 2 aromatic carbocycles. The molecule has 0 bridgehead atoms. The monoisotopic (exact) mass is 354 g/mol. The zero-order chi connectivity index (χ0) is 18.5. The van der Waals surface area contributed by atoms with E-state index in [1.807, 2.05) is 0 Å².